The average molecular weight is 291 g/mol. The van der Waals surface area contributed by atoms with E-state index >= 15 is 0 Å². The number of benzene rings is 1. The number of hydrogen-bond acceptors (Lipinski definition) is 5. The lowest BCUT2D eigenvalue weighted by Gasteiger charge is -2.12. The molecule has 6 heteroatoms. The third-order valence-corrected chi connectivity index (χ3v) is 2.71. The first kappa shape index (κ1) is 14.9. The minimum absolute atomic E-state index is 0.170. The Bertz CT molecular complexity index is 590. The molecule has 0 unspecified atom stereocenters. The van der Waals surface area contributed by atoms with Crippen LogP contribution < -0.4 is 14.8 Å². The molecule has 0 bridgehead atoms. The number of carbonyl (C=O) groups excluding carboxylic acids is 2. The number of nitrogens with one attached hydrogen (secondary N) is 1. The molecular weight excluding hydrogens is 274 g/mol. The van der Waals surface area contributed by atoms with Gasteiger partial charge in [0.2, 0.25) is 6.79 Å². The van der Waals surface area contributed by atoms with Gasteiger partial charge in [0, 0.05) is 17.8 Å². The van der Waals surface area contributed by atoms with Gasteiger partial charge in [-0.3, -0.25) is 4.79 Å². The number of esters is 1. The molecule has 0 aromatic heterocycles. The van der Waals surface area contributed by atoms with E-state index in [9.17, 15) is 9.59 Å². The zero-order valence-electron chi connectivity index (χ0n) is 12.1. The summed E-state index contributed by atoms with van der Waals surface area (Å²) in [6.07, 6.45) is 0.447. The molecule has 0 aliphatic carbocycles. The fourth-order valence-electron chi connectivity index (χ4n) is 1.72. The SMILES string of the molecule is CC(C)=CC(=O)O[C@@H](C)C(=O)Nc1ccc2c(c1)OCO2. The van der Waals surface area contributed by atoms with E-state index in [2.05, 4.69) is 5.32 Å². The zero-order valence-corrected chi connectivity index (χ0v) is 12.1. The highest BCUT2D eigenvalue weighted by Gasteiger charge is 2.19. The summed E-state index contributed by atoms with van der Waals surface area (Å²) in [6.45, 7) is 5.24. The van der Waals surface area contributed by atoms with Crippen LogP contribution in [-0.4, -0.2) is 24.8 Å². The first-order valence-corrected chi connectivity index (χ1v) is 6.52. The maximum atomic E-state index is 12.0. The van der Waals surface area contributed by atoms with Crippen molar-refractivity contribution in [3.8, 4) is 11.5 Å². The number of fused-ring (bicyclic) bond motifs is 1. The Balaban J connectivity index is 1.94. The van der Waals surface area contributed by atoms with E-state index in [-0.39, 0.29) is 6.79 Å². The third-order valence-electron chi connectivity index (χ3n) is 2.71. The van der Waals surface area contributed by atoms with Crippen LogP contribution in [0.4, 0.5) is 5.69 Å². The molecular formula is C15H17NO5. The van der Waals surface area contributed by atoms with E-state index in [1.54, 1.807) is 32.0 Å². The van der Waals surface area contributed by atoms with Gasteiger partial charge >= 0.3 is 5.97 Å². The second-order valence-electron chi connectivity index (χ2n) is 4.86. The standard InChI is InChI=1S/C15H17NO5/c1-9(2)6-14(17)21-10(3)15(18)16-11-4-5-12-13(7-11)20-8-19-12/h4-7,10H,8H2,1-3H3,(H,16,18)/t10-/m0/s1. The Hall–Kier alpha value is -2.50. The summed E-state index contributed by atoms with van der Waals surface area (Å²) < 4.78 is 15.4. The first-order chi connectivity index (χ1) is 9.95. The highest BCUT2D eigenvalue weighted by atomic mass is 16.7. The second-order valence-corrected chi connectivity index (χ2v) is 4.86. The summed E-state index contributed by atoms with van der Waals surface area (Å²) in [6, 6.07) is 5.05. The molecule has 0 fully saturated rings. The molecule has 0 saturated heterocycles. The van der Waals surface area contributed by atoms with Crippen molar-refractivity contribution in [2.24, 2.45) is 0 Å². The zero-order chi connectivity index (χ0) is 15.4. The van der Waals surface area contributed by atoms with E-state index in [1.807, 2.05) is 0 Å². The van der Waals surface area contributed by atoms with Gasteiger partial charge in [0.15, 0.2) is 17.6 Å². The first-order valence-electron chi connectivity index (χ1n) is 6.52. The van der Waals surface area contributed by atoms with Crippen LogP contribution in [-0.2, 0) is 14.3 Å². The Kier molecular flexibility index (Phi) is 4.47. The number of amides is 1. The van der Waals surface area contributed by atoms with Gasteiger partial charge in [-0.15, -0.1) is 0 Å². The molecule has 2 rings (SSSR count). The summed E-state index contributed by atoms with van der Waals surface area (Å²) in [4.78, 5) is 23.4. The molecule has 1 aromatic carbocycles. The summed E-state index contributed by atoms with van der Waals surface area (Å²) in [5.41, 5.74) is 1.36. The molecule has 1 amide bonds. The number of ether oxygens (including phenoxy) is 3. The van der Waals surface area contributed by atoms with Gasteiger partial charge in [-0.05, 0) is 32.9 Å². The van der Waals surface area contributed by atoms with Gasteiger partial charge in [-0.1, -0.05) is 5.57 Å². The molecule has 0 radical (unpaired) electrons. The van der Waals surface area contributed by atoms with Crippen molar-refractivity contribution in [3.05, 3.63) is 29.8 Å². The van der Waals surface area contributed by atoms with Gasteiger partial charge in [0.05, 0.1) is 0 Å². The molecule has 1 aliphatic rings. The topological polar surface area (TPSA) is 73.9 Å². The minimum Gasteiger partial charge on any atom is -0.454 e. The predicted molar refractivity (Wildman–Crippen MR) is 76.2 cm³/mol. The number of allylic oxidation sites excluding steroid dienone is 1. The molecule has 6 nitrogen and oxygen atoms in total. The van der Waals surface area contributed by atoms with Crippen molar-refractivity contribution >= 4 is 17.6 Å². The van der Waals surface area contributed by atoms with Crippen LogP contribution in [0.1, 0.15) is 20.8 Å². The molecule has 1 atom stereocenters. The number of rotatable bonds is 4. The molecule has 0 spiro atoms. The van der Waals surface area contributed by atoms with Gasteiger partial charge in [0.25, 0.3) is 5.91 Å². The quantitative estimate of drug-likeness (QED) is 0.680. The van der Waals surface area contributed by atoms with Crippen LogP contribution in [0.25, 0.3) is 0 Å². The average Bonchev–Trinajstić information content (AvgIpc) is 2.84. The molecule has 112 valence electrons. The highest BCUT2D eigenvalue weighted by molar-refractivity contribution is 5.96. The summed E-state index contributed by atoms with van der Waals surface area (Å²) in [5.74, 6) is 0.255. The summed E-state index contributed by atoms with van der Waals surface area (Å²) in [5, 5.41) is 2.66. The van der Waals surface area contributed by atoms with Gasteiger partial charge in [0.1, 0.15) is 0 Å². The highest BCUT2D eigenvalue weighted by Crippen LogP contribution is 2.34. The maximum Gasteiger partial charge on any atom is 0.331 e. The van der Waals surface area contributed by atoms with Crippen LogP contribution in [0.15, 0.2) is 29.8 Å². The fraction of sp³-hybridized carbons (Fsp3) is 0.333. The van der Waals surface area contributed by atoms with Crippen molar-refractivity contribution in [1.82, 2.24) is 0 Å². The van der Waals surface area contributed by atoms with Crippen LogP contribution in [0, 0.1) is 0 Å². The second kappa shape index (κ2) is 6.30. The largest absolute Gasteiger partial charge is 0.454 e. The summed E-state index contributed by atoms with van der Waals surface area (Å²) in [7, 11) is 0. The van der Waals surface area contributed by atoms with Gasteiger partial charge < -0.3 is 19.5 Å². The lowest BCUT2D eigenvalue weighted by atomic mass is 10.2. The van der Waals surface area contributed by atoms with Crippen molar-refractivity contribution in [1.29, 1.82) is 0 Å². The van der Waals surface area contributed by atoms with E-state index < -0.39 is 18.0 Å². The van der Waals surface area contributed by atoms with E-state index in [0.29, 0.717) is 17.2 Å². The lowest BCUT2D eigenvalue weighted by molar-refractivity contribution is -0.148. The number of hydrogen-bond donors (Lipinski definition) is 1. The van der Waals surface area contributed by atoms with E-state index in [0.717, 1.165) is 5.57 Å². The van der Waals surface area contributed by atoms with Crippen molar-refractivity contribution < 1.29 is 23.8 Å². The van der Waals surface area contributed by atoms with Crippen LogP contribution in [0.3, 0.4) is 0 Å². The molecule has 1 N–H and O–H groups in total. The normalized spacial score (nSPS) is 13.3. The Labute approximate surface area is 122 Å². The maximum absolute atomic E-state index is 12.0. The molecule has 21 heavy (non-hydrogen) atoms. The number of carbonyl (C=O) groups is 2. The monoisotopic (exact) mass is 291 g/mol. The van der Waals surface area contributed by atoms with Crippen LogP contribution in [0.5, 0.6) is 11.5 Å². The van der Waals surface area contributed by atoms with Gasteiger partial charge in [-0.25, -0.2) is 4.79 Å². The molecule has 0 saturated carbocycles. The minimum atomic E-state index is -0.890. The van der Waals surface area contributed by atoms with Crippen LogP contribution in [0.2, 0.25) is 0 Å². The third kappa shape index (κ3) is 3.98. The Morgan fingerprint density at radius 2 is 2.00 bits per heavy atom. The Morgan fingerprint density at radius 3 is 2.71 bits per heavy atom. The van der Waals surface area contributed by atoms with Crippen molar-refractivity contribution in [2.75, 3.05) is 12.1 Å². The van der Waals surface area contributed by atoms with Gasteiger partial charge in [-0.2, -0.15) is 0 Å². The van der Waals surface area contributed by atoms with Crippen LogP contribution >= 0.6 is 0 Å². The van der Waals surface area contributed by atoms with E-state index in [1.165, 1.54) is 13.0 Å². The predicted octanol–water partition coefficient (Wildman–Crippen LogP) is 2.25. The molecule has 1 heterocycles. The van der Waals surface area contributed by atoms with Crippen molar-refractivity contribution in [3.63, 3.8) is 0 Å². The smallest absolute Gasteiger partial charge is 0.331 e. The lowest BCUT2D eigenvalue weighted by Crippen LogP contribution is -2.29. The Morgan fingerprint density at radius 1 is 1.29 bits per heavy atom. The summed E-state index contributed by atoms with van der Waals surface area (Å²) >= 11 is 0. The van der Waals surface area contributed by atoms with Crippen molar-refractivity contribution in [2.45, 2.75) is 26.9 Å². The van der Waals surface area contributed by atoms with E-state index in [4.69, 9.17) is 14.2 Å². The fourth-order valence-corrected chi connectivity index (χ4v) is 1.72. The molecule has 1 aromatic rings. The number of anilines is 1. The molecule has 1 aliphatic heterocycles.